The highest BCUT2D eigenvalue weighted by atomic mass is 16.7. The normalized spacial score (nSPS) is 20.8. The number of aliphatic hydroxyl groups excluding tert-OH is 4. The molecule has 0 amide bonds. The van der Waals surface area contributed by atoms with Gasteiger partial charge in [-0.2, -0.15) is 0 Å². The van der Waals surface area contributed by atoms with Crippen molar-refractivity contribution in [3.63, 3.8) is 0 Å². The van der Waals surface area contributed by atoms with E-state index < -0.39 is 43.4 Å². The smallest absolute Gasteiger partial charge is 0.306 e. The van der Waals surface area contributed by atoms with Crippen molar-refractivity contribution in [1.29, 1.82) is 0 Å². The highest BCUT2D eigenvalue weighted by molar-refractivity contribution is 5.69. The Morgan fingerprint density at radius 3 is 1.60 bits per heavy atom. The molecule has 1 rings (SSSR count). The number of aliphatic hydroxyl groups is 4. The lowest BCUT2D eigenvalue weighted by Crippen LogP contribution is -2.59. The van der Waals surface area contributed by atoms with Crippen LogP contribution in [0.25, 0.3) is 0 Å². The van der Waals surface area contributed by atoms with Crippen molar-refractivity contribution in [3.8, 4) is 0 Å². The van der Waals surface area contributed by atoms with Crippen molar-refractivity contribution in [2.45, 2.75) is 218 Å². The average molecular weight is 819 g/mol. The number of esters is 1. The predicted octanol–water partition coefficient (Wildman–Crippen LogP) is 10.7. The van der Waals surface area contributed by atoms with Gasteiger partial charge in [0.1, 0.15) is 30.5 Å². The Labute approximate surface area is 354 Å². The van der Waals surface area contributed by atoms with E-state index in [4.69, 9.17) is 18.9 Å². The molecule has 9 heteroatoms. The minimum atomic E-state index is -1.54. The molecule has 1 aliphatic heterocycles. The maximum absolute atomic E-state index is 12.8. The third kappa shape index (κ3) is 30.9. The maximum Gasteiger partial charge on any atom is 0.306 e. The van der Waals surface area contributed by atoms with Crippen molar-refractivity contribution < 1.29 is 44.2 Å². The molecule has 9 nitrogen and oxygen atoms in total. The van der Waals surface area contributed by atoms with E-state index in [-0.39, 0.29) is 19.2 Å². The molecule has 0 saturated carbocycles. The summed E-state index contributed by atoms with van der Waals surface area (Å²) in [6.07, 6.45) is 43.9. The number of hydrogen-bond acceptors (Lipinski definition) is 9. The van der Waals surface area contributed by atoms with E-state index in [2.05, 4.69) is 74.6 Å². The maximum atomic E-state index is 12.8. The monoisotopic (exact) mass is 819 g/mol. The van der Waals surface area contributed by atoms with Crippen LogP contribution in [0.4, 0.5) is 0 Å². The van der Waals surface area contributed by atoms with Crippen molar-refractivity contribution in [3.05, 3.63) is 60.8 Å². The minimum Gasteiger partial charge on any atom is -0.457 e. The fourth-order valence-corrected chi connectivity index (χ4v) is 6.77. The van der Waals surface area contributed by atoms with Gasteiger partial charge in [0.15, 0.2) is 6.29 Å². The zero-order valence-electron chi connectivity index (χ0n) is 36.8. The molecule has 0 spiro atoms. The molecule has 0 aromatic carbocycles. The molecule has 0 aliphatic carbocycles. The second kappa shape index (κ2) is 40.3. The number of ether oxygens (including phenoxy) is 4. The number of carbonyl (C=O) groups excluding carboxylic acids is 1. The number of carbonyl (C=O) groups is 1. The number of rotatable bonds is 39. The molecule has 58 heavy (non-hydrogen) atoms. The fourth-order valence-electron chi connectivity index (χ4n) is 6.77. The van der Waals surface area contributed by atoms with Crippen LogP contribution in [0, 0.1) is 0 Å². The predicted molar refractivity (Wildman–Crippen MR) is 238 cm³/mol. The van der Waals surface area contributed by atoms with Crippen molar-refractivity contribution >= 4 is 5.97 Å². The van der Waals surface area contributed by atoms with Crippen LogP contribution in [-0.4, -0.2) is 89.6 Å². The Morgan fingerprint density at radius 1 is 0.569 bits per heavy atom. The Balaban J connectivity index is 2.27. The van der Waals surface area contributed by atoms with Gasteiger partial charge in [0.25, 0.3) is 0 Å². The van der Waals surface area contributed by atoms with E-state index in [1.807, 2.05) is 0 Å². The van der Waals surface area contributed by atoms with Gasteiger partial charge in [-0.1, -0.05) is 158 Å². The quantitative estimate of drug-likeness (QED) is 0.0272. The summed E-state index contributed by atoms with van der Waals surface area (Å²) < 4.78 is 22.8. The van der Waals surface area contributed by atoms with Crippen LogP contribution >= 0.6 is 0 Å². The van der Waals surface area contributed by atoms with E-state index in [0.29, 0.717) is 13.0 Å². The average Bonchev–Trinajstić information content (AvgIpc) is 3.22. The molecule has 1 aliphatic rings. The molecule has 6 unspecified atom stereocenters. The first kappa shape index (κ1) is 53.9. The van der Waals surface area contributed by atoms with Crippen LogP contribution in [0.2, 0.25) is 0 Å². The van der Waals surface area contributed by atoms with Crippen molar-refractivity contribution in [1.82, 2.24) is 0 Å². The van der Waals surface area contributed by atoms with Crippen LogP contribution in [0.3, 0.4) is 0 Å². The first-order chi connectivity index (χ1) is 28.4. The van der Waals surface area contributed by atoms with Gasteiger partial charge in [-0.05, 0) is 77.0 Å². The molecule has 0 bridgehead atoms. The second-order valence-electron chi connectivity index (χ2n) is 15.8. The molecule has 0 radical (unpaired) electrons. The molecule has 1 heterocycles. The van der Waals surface area contributed by atoms with Crippen LogP contribution in [0.1, 0.15) is 181 Å². The highest BCUT2D eigenvalue weighted by Crippen LogP contribution is 2.22. The van der Waals surface area contributed by atoms with E-state index in [1.54, 1.807) is 0 Å². The van der Waals surface area contributed by atoms with Gasteiger partial charge in [0.2, 0.25) is 0 Å². The first-order valence-corrected chi connectivity index (χ1v) is 23.4. The van der Waals surface area contributed by atoms with Gasteiger partial charge in [-0.3, -0.25) is 4.79 Å². The van der Waals surface area contributed by atoms with E-state index in [9.17, 15) is 25.2 Å². The van der Waals surface area contributed by atoms with Gasteiger partial charge < -0.3 is 39.4 Å². The lowest BCUT2D eigenvalue weighted by atomic mass is 9.99. The van der Waals surface area contributed by atoms with Crippen molar-refractivity contribution in [2.75, 3.05) is 26.4 Å². The summed E-state index contributed by atoms with van der Waals surface area (Å²) in [5.41, 5.74) is 0. The third-order valence-corrected chi connectivity index (χ3v) is 10.4. The number of unbranched alkanes of at least 4 members (excludes halogenated alkanes) is 18. The largest absolute Gasteiger partial charge is 0.457 e. The zero-order valence-corrected chi connectivity index (χ0v) is 36.8. The summed E-state index contributed by atoms with van der Waals surface area (Å²) in [5, 5.41) is 40.1. The number of allylic oxidation sites excluding steroid dienone is 10. The molecule has 6 atom stereocenters. The molecule has 1 saturated heterocycles. The summed E-state index contributed by atoms with van der Waals surface area (Å²) in [5.74, 6) is -0.329. The van der Waals surface area contributed by atoms with Crippen LogP contribution in [-0.2, 0) is 23.7 Å². The van der Waals surface area contributed by atoms with Gasteiger partial charge >= 0.3 is 5.97 Å². The highest BCUT2D eigenvalue weighted by Gasteiger charge is 2.44. The Morgan fingerprint density at radius 2 is 1.05 bits per heavy atom. The molecular weight excluding hydrogens is 733 g/mol. The van der Waals surface area contributed by atoms with E-state index in [1.165, 1.54) is 89.9 Å². The van der Waals surface area contributed by atoms with Crippen LogP contribution in [0.15, 0.2) is 60.8 Å². The SMILES string of the molecule is CC/C=C\C/C=C\C/C=C\C/C=C\CCCCCOCC(COC1OC(CO)C(O)C(O)C1O)OC(=O)CCCCCCCCCCC/C=C\CCCCCCCC. The summed E-state index contributed by atoms with van der Waals surface area (Å²) in [7, 11) is 0. The van der Waals surface area contributed by atoms with Gasteiger partial charge in [-0.15, -0.1) is 0 Å². The summed E-state index contributed by atoms with van der Waals surface area (Å²) in [4.78, 5) is 12.8. The minimum absolute atomic E-state index is 0.121. The van der Waals surface area contributed by atoms with Crippen molar-refractivity contribution in [2.24, 2.45) is 0 Å². The first-order valence-electron chi connectivity index (χ1n) is 23.4. The Hall–Kier alpha value is -2.11. The molecule has 1 fully saturated rings. The standard InChI is InChI=1S/C49H86O9/c1-3-5-7-9-11-13-15-17-19-21-22-23-24-26-28-30-32-34-36-38-45(51)57-43(42-56-49-48(54)47(53)46(52)44(40-50)58-49)41-55-39-37-35-33-31-29-27-25-20-18-16-14-12-10-8-6-4-2/h6,8,12,14,17-20,27,29,43-44,46-50,52-54H,3-5,7,9-11,13,15-16,21-26,28,30-42H2,1-2H3/b8-6-,14-12-,19-17-,20-18-,29-27-. The molecule has 336 valence electrons. The third-order valence-electron chi connectivity index (χ3n) is 10.4. The molecule has 0 aromatic heterocycles. The Kier molecular flexibility index (Phi) is 37.5. The van der Waals surface area contributed by atoms with Crippen LogP contribution in [0.5, 0.6) is 0 Å². The zero-order chi connectivity index (χ0) is 42.2. The summed E-state index contributed by atoms with van der Waals surface area (Å²) in [6, 6.07) is 0. The Bertz CT molecular complexity index is 1070. The molecule has 0 aromatic rings. The van der Waals surface area contributed by atoms with E-state index in [0.717, 1.165) is 70.6 Å². The van der Waals surface area contributed by atoms with Gasteiger partial charge in [0.05, 0.1) is 19.8 Å². The topological polar surface area (TPSA) is 135 Å². The number of hydrogen-bond donors (Lipinski definition) is 4. The molecular formula is C49H86O9. The lowest BCUT2D eigenvalue weighted by Gasteiger charge is -2.39. The van der Waals surface area contributed by atoms with Gasteiger partial charge in [0, 0.05) is 13.0 Å². The molecule has 4 N–H and O–H groups in total. The van der Waals surface area contributed by atoms with E-state index >= 15 is 0 Å². The summed E-state index contributed by atoms with van der Waals surface area (Å²) in [6.45, 7) is 4.36. The van der Waals surface area contributed by atoms with Crippen LogP contribution < -0.4 is 0 Å². The fraction of sp³-hybridized carbons (Fsp3) is 0.776. The lowest BCUT2D eigenvalue weighted by molar-refractivity contribution is -0.305. The van der Waals surface area contributed by atoms with Gasteiger partial charge in [-0.25, -0.2) is 0 Å². The summed E-state index contributed by atoms with van der Waals surface area (Å²) >= 11 is 0. The second-order valence-corrected chi connectivity index (χ2v) is 15.8.